The van der Waals surface area contributed by atoms with Gasteiger partial charge in [-0.25, -0.2) is 0 Å². The number of hydrazone groups is 1. The summed E-state index contributed by atoms with van der Waals surface area (Å²) in [6.45, 7) is 0. The van der Waals surface area contributed by atoms with Gasteiger partial charge in [0.15, 0.2) is 17.5 Å². The summed E-state index contributed by atoms with van der Waals surface area (Å²) < 4.78 is 0. The van der Waals surface area contributed by atoms with Crippen LogP contribution in [0.1, 0.15) is 16.7 Å². The third kappa shape index (κ3) is 9.61. The van der Waals surface area contributed by atoms with Crippen molar-refractivity contribution in [3.05, 3.63) is 271 Å². The zero-order chi connectivity index (χ0) is 45.9. The van der Waals surface area contributed by atoms with Gasteiger partial charge in [0.2, 0.25) is 5.96 Å². The van der Waals surface area contributed by atoms with E-state index in [4.69, 9.17) is 20.5 Å². The standard InChI is InChI=1S/C58H46N10/c59-58-60-55(43-31-37-52(38-32-43)66(46-19-7-1-8-20-46)47-21-9-2-10-22-47)62-64-57(45-35-41-54(42-36-45)68(50-27-15-5-16-28-50)51-29-17-6-18-30-51)65-63-56(61-58)44-33-39-53(40-34-44)67(48-23-11-3-12-24-48)49-25-13-4-14-26-49/h1-42H,(H,64,65)(H3,59,60,61,62,63). The van der Waals surface area contributed by atoms with Crippen LogP contribution in [0.25, 0.3) is 0 Å². The van der Waals surface area contributed by atoms with E-state index in [9.17, 15) is 0 Å². The number of hydrogen-bond acceptors (Lipinski definition) is 8. The minimum absolute atomic E-state index is 0.222. The summed E-state index contributed by atoms with van der Waals surface area (Å²) in [5.41, 5.74) is 21.1. The van der Waals surface area contributed by atoms with Crippen molar-refractivity contribution < 1.29 is 0 Å². The highest BCUT2D eigenvalue weighted by Gasteiger charge is 2.18. The van der Waals surface area contributed by atoms with E-state index >= 15 is 0 Å². The number of hydrazine groups is 1. The van der Waals surface area contributed by atoms with Crippen LogP contribution in [-0.2, 0) is 0 Å². The van der Waals surface area contributed by atoms with Crippen molar-refractivity contribution in [2.45, 2.75) is 0 Å². The highest BCUT2D eigenvalue weighted by Crippen LogP contribution is 2.37. The second-order valence-corrected chi connectivity index (χ2v) is 15.7. The van der Waals surface area contributed by atoms with Gasteiger partial charge in [-0.3, -0.25) is 21.7 Å². The SMILES string of the molecule is N=C1/N=C(/c2ccc(N(c3ccccc3)c3ccccc3)cc2)NN=C(c2ccc(N(c3ccccc3)c3ccccc3)cc2)NN/C(c2ccc(N(c3ccccc3)c3ccccc3)cc2)=N\1. The molecule has 10 heteroatoms. The summed E-state index contributed by atoms with van der Waals surface area (Å²) >= 11 is 0. The Balaban J connectivity index is 1.01. The van der Waals surface area contributed by atoms with Crippen molar-refractivity contribution in [1.29, 1.82) is 5.41 Å². The van der Waals surface area contributed by atoms with Gasteiger partial charge in [0, 0.05) is 67.9 Å². The lowest BCUT2D eigenvalue weighted by Gasteiger charge is -2.26. The van der Waals surface area contributed by atoms with Gasteiger partial charge < -0.3 is 14.7 Å². The molecule has 1 heterocycles. The number of amidine groups is 3. The Hall–Kier alpha value is -9.54. The molecule has 328 valence electrons. The van der Waals surface area contributed by atoms with Gasteiger partial charge >= 0.3 is 0 Å². The topological polar surface area (TPSA) is 107 Å². The summed E-state index contributed by atoms with van der Waals surface area (Å²) in [6, 6.07) is 86.0. The van der Waals surface area contributed by atoms with Crippen molar-refractivity contribution in [1.82, 2.24) is 16.3 Å². The van der Waals surface area contributed by atoms with E-state index in [1.807, 2.05) is 170 Å². The molecule has 0 atom stereocenters. The smallest absolute Gasteiger partial charge is 0.245 e. The quantitative estimate of drug-likeness (QED) is 0.0974. The second kappa shape index (κ2) is 20.1. The lowest BCUT2D eigenvalue weighted by Crippen LogP contribution is -2.44. The average Bonchev–Trinajstić information content (AvgIpc) is 3.41. The molecular weight excluding hydrogens is 837 g/mol. The molecule has 9 aromatic rings. The van der Waals surface area contributed by atoms with Crippen LogP contribution >= 0.6 is 0 Å². The summed E-state index contributed by atoms with van der Waals surface area (Å²) in [4.78, 5) is 16.1. The minimum atomic E-state index is -0.222. The molecular formula is C58H46N10. The Morgan fingerprint density at radius 3 is 0.809 bits per heavy atom. The van der Waals surface area contributed by atoms with Gasteiger partial charge in [0.1, 0.15) is 0 Å². The Morgan fingerprint density at radius 2 is 0.500 bits per heavy atom. The maximum Gasteiger partial charge on any atom is 0.245 e. The monoisotopic (exact) mass is 882 g/mol. The van der Waals surface area contributed by atoms with Crippen molar-refractivity contribution >= 4 is 74.7 Å². The Bertz CT molecular complexity index is 3050. The molecule has 9 aromatic carbocycles. The number of anilines is 9. The average molecular weight is 883 g/mol. The Kier molecular flexibility index (Phi) is 12.5. The highest BCUT2D eigenvalue weighted by atomic mass is 15.5. The van der Waals surface area contributed by atoms with Crippen LogP contribution in [0.15, 0.2) is 270 Å². The molecule has 1 aliphatic rings. The van der Waals surface area contributed by atoms with Crippen LogP contribution in [0.3, 0.4) is 0 Å². The second-order valence-electron chi connectivity index (χ2n) is 15.7. The number of nitrogens with zero attached hydrogens (tertiary/aromatic N) is 6. The first-order valence-corrected chi connectivity index (χ1v) is 22.3. The number of guanidine groups is 1. The van der Waals surface area contributed by atoms with Crippen molar-refractivity contribution in [3.63, 3.8) is 0 Å². The molecule has 0 unspecified atom stereocenters. The van der Waals surface area contributed by atoms with E-state index in [0.29, 0.717) is 17.5 Å². The molecule has 10 rings (SSSR count). The molecule has 0 aromatic heterocycles. The van der Waals surface area contributed by atoms with E-state index in [1.165, 1.54) is 0 Å². The molecule has 0 saturated heterocycles. The molecule has 10 nitrogen and oxygen atoms in total. The van der Waals surface area contributed by atoms with E-state index in [-0.39, 0.29) is 5.96 Å². The van der Waals surface area contributed by atoms with Crippen LogP contribution < -0.4 is 31.0 Å². The number of rotatable bonds is 12. The van der Waals surface area contributed by atoms with Crippen molar-refractivity contribution in [2.24, 2.45) is 15.1 Å². The van der Waals surface area contributed by atoms with Gasteiger partial charge in [0.25, 0.3) is 0 Å². The van der Waals surface area contributed by atoms with Gasteiger partial charge in [-0.15, -0.1) is 0 Å². The number of aliphatic imine (C=N–C) groups is 2. The van der Waals surface area contributed by atoms with E-state index in [0.717, 1.165) is 67.9 Å². The van der Waals surface area contributed by atoms with Crippen LogP contribution in [0.2, 0.25) is 0 Å². The molecule has 0 saturated carbocycles. The Labute approximate surface area is 396 Å². The molecule has 0 amide bonds. The summed E-state index contributed by atoms with van der Waals surface area (Å²) in [7, 11) is 0. The maximum atomic E-state index is 9.09. The highest BCUT2D eigenvalue weighted by molar-refractivity contribution is 6.12. The zero-order valence-corrected chi connectivity index (χ0v) is 36.9. The van der Waals surface area contributed by atoms with Crippen molar-refractivity contribution in [3.8, 4) is 0 Å². The fraction of sp³-hybridized carbons (Fsp3) is 0. The first-order valence-electron chi connectivity index (χ1n) is 22.3. The van der Waals surface area contributed by atoms with E-state index in [2.05, 4.69) is 116 Å². The molecule has 1 aliphatic heterocycles. The fourth-order valence-electron chi connectivity index (χ4n) is 8.06. The normalized spacial score (nSPS) is 14.0. The number of para-hydroxylation sites is 6. The van der Waals surface area contributed by atoms with E-state index in [1.54, 1.807) is 0 Å². The van der Waals surface area contributed by atoms with Crippen molar-refractivity contribution in [2.75, 3.05) is 14.7 Å². The zero-order valence-electron chi connectivity index (χ0n) is 36.9. The maximum absolute atomic E-state index is 9.09. The number of hydrogen-bond donors (Lipinski definition) is 4. The first-order chi connectivity index (χ1) is 33.6. The van der Waals surface area contributed by atoms with Crippen LogP contribution in [-0.4, -0.2) is 23.5 Å². The number of nitrogens with one attached hydrogen (secondary N) is 4. The van der Waals surface area contributed by atoms with Crippen LogP contribution in [0.4, 0.5) is 51.2 Å². The lowest BCUT2D eigenvalue weighted by atomic mass is 10.1. The lowest BCUT2D eigenvalue weighted by molar-refractivity contribution is 0.843. The fourth-order valence-corrected chi connectivity index (χ4v) is 8.06. The minimum Gasteiger partial charge on any atom is -0.311 e. The third-order valence-electron chi connectivity index (χ3n) is 11.3. The van der Waals surface area contributed by atoms with Gasteiger partial charge in [0.05, 0.1) is 0 Å². The first kappa shape index (κ1) is 42.4. The van der Waals surface area contributed by atoms with Crippen LogP contribution in [0.5, 0.6) is 0 Å². The summed E-state index contributed by atoms with van der Waals surface area (Å²) in [5.74, 6) is 0.992. The van der Waals surface area contributed by atoms with E-state index < -0.39 is 0 Å². The molecule has 68 heavy (non-hydrogen) atoms. The molecule has 0 fully saturated rings. The van der Waals surface area contributed by atoms with Gasteiger partial charge in [-0.2, -0.15) is 15.1 Å². The molecule has 0 radical (unpaired) electrons. The Morgan fingerprint density at radius 1 is 0.265 bits per heavy atom. The molecule has 0 bridgehead atoms. The predicted molar refractivity (Wildman–Crippen MR) is 280 cm³/mol. The number of benzene rings is 9. The van der Waals surface area contributed by atoms with Gasteiger partial charge in [-0.05, 0) is 146 Å². The summed E-state index contributed by atoms with van der Waals surface area (Å²) in [6.07, 6.45) is 0. The molecule has 4 N–H and O–H groups in total. The van der Waals surface area contributed by atoms with Crippen LogP contribution in [0, 0.1) is 5.41 Å². The predicted octanol–water partition coefficient (Wildman–Crippen LogP) is 13.3. The summed E-state index contributed by atoms with van der Waals surface area (Å²) in [5, 5.41) is 14.0. The largest absolute Gasteiger partial charge is 0.311 e. The molecule has 0 spiro atoms. The molecule has 0 aliphatic carbocycles. The third-order valence-corrected chi connectivity index (χ3v) is 11.3. The van der Waals surface area contributed by atoms with Gasteiger partial charge in [-0.1, -0.05) is 109 Å².